The molecule has 0 spiro atoms. The van der Waals surface area contributed by atoms with Crippen molar-refractivity contribution in [2.75, 3.05) is 28.4 Å². The van der Waals surface area contributed by atoms with Crippen molar-refractivity contribution in [1.82, 2.24) is 29.1 Å². The number of ether oxygens (including phenoxy) is 4. The van der Waals surface area contributed by atoms with Gasteiger partial charge in [0.15, 0.2) is 11.6 Å². The normalized spacial score (nSPS) is 11.7. The van der Waals surface area contributed by atoms with Gasteiger partial charge < -0.3 is 18.9 Å². The second-order valence-corrected chi connectivity index (χ2v) is 16.2. The maximum Gasteiger partial charge on any atom is 0.206 e. The quantitative estimate of drug-likeness (QED) is 0.131. The lowest BCUT2D eigenvalue weighted by molar-refractivity contribution is 0.415. The zero-order valence-electron chi connectivity index (χ0n) is 33.4. The Morgan fingerprint density at radius 1 is 0.393 bits per heavy atom. The lowest BCUT2D eigenvalue weighted by Crippen LogP contribution is -2.02. The van der Waals surface area contributed by atoms with Gasteiger partial charge in [-0.1, -0.05) is 24.3 Å². The van der Waals surface area contributed by atoms with Crippen molar-refractivity contribution in [1.29, 1.82) is 0 Å². The van der Waals surface area contributed by atoms with Crippen LogP contribution in [-0.2, 0) is 9.84 Å². The Kier molecular flexibility index (Phi) is 9.10. The van der Waals surface area contributed by atoms with Crippen LogP contribution in [0.4, 0.5) is 0 Å². The number of hydrogen-bond donors (Lipinski definition) is 0. The molecule has 300 valence electrons. The van der Waals surface area contributed by atoms with Crippen LogP contribution in [0.1, 0.15) is 0 Å². The lowest BCUT2D eigenvalue weighted by Gasteiger charge is -2.10. The first kappa shape index (κ1) is 37.5. The van der Waals surface area contributed by atoms with Crippen molar-refractivity contribution in [3.8, 4) is 57.1 Å². The molecule has 6 aromatic carbocycles. The smallest absolute Gasteiger partial charge is 0.206 e. The van der Waals surface area contributed by atoms with E-state index in [1.807, 2.05) is 81.9 Å². The number of aromatic nitrogens is 6. The molecule has 0 radical (unpaired) electrons. The van der Waals surface area contributed by atoms with Crippen LogP contribution in [0.2, 0.25) is 0 Å². The maximum absolute atomic E-state index is 13.8. The summed E-state index contributed by atoms with van der Waals surface area (Å²) in [5.74, 6) is 4.25. The van der Waals surface area contributed by atoms with Gasteiger partial charge in [-0.2, -0.15) is 0 Å². The van der Waals surface area contributed by atoms with Crippen molar-refractivity contribution in [2.45, 2.75) is 9.79 Å². The average Bonchev–Trinajstić information content (AvgIpc) is 3.82. The molecule has 13 heteroatoms. The second kappa shape index (κ2) is 14.8. The zero-order valence-corrected chi connectivity index (χ0v) is 34.2. The molecule has 0 bridgehead atoms. The van der Waals surface area contributed by atoms with Gasteiger partial charge in [0.05, 0.1) is 96.5 Å². The van der Waals surface area contributed by atoms with E-state index in [0.717, 1.165) is 77.7 Å². The fraction of sp³-hybridized carbons (Fsp3) is 0.0833. The molecule has 0 N–H and O–H groups in total. The van der Waals surface area contributed by atoms with Gasteiger partial charge in [-0.05, 0) is 97.1 Å². The Balaban J connectivity index is 0.889. The minimum absolute atomic E-state index is 0.162. The molecular formula is C48H36N6O6S. The summed E-state index contributed by atoms with van der Waals surface area (Å²) in [6, 6.07) is 37.0. The van der Waals surface area contributed by atoms with Gasteiger partial charge in [0.25, 0.3) is 0 Å². The Morgan fingerprint density at radius 2 is 0.705 bits per heavy atom. The maximum atomic E-state index is 13.8. The van der Waals surface area contributed by atoms with Crippen LogP contribution in [-0.4, -0.2) is 65.9 Å². The van der Waals surface area contributed by atoms with Gasteiger partial charge in [0.2, 0.25) is 9.84 Å². The molecule has 10 rings (SSSR count). The fourth-order valence-electron chi connectivity index (χ4n) is 7.88. The van der Waals surface area contributed by atoms with E-state index in [9.17, 15) is 8.42 Å². The van der Waals surface area contributed by atoms with E-state index < -0.39 is 9.84 Å². The summed E-state index contributed by atoms with van der Waals surface area (Å²) in [6.45, 7) is 0. The van der Waals surface area contributed by atoms with Crippen molar-refractivity contribution in [3.05, 3.63) is 146 Å². The van der Waals surface area contributed by atoms with Crippen LogP contribution in [0, 0.1) is 0 Å². The summed E-state index contributed by atoms with van der Waals surface area (Å²) >= 11 is 0. The first-order chi connectivity index (χ1) is 29.8. The molecule has 4 heterocycles. The molecule has 4 aromatic heterocycles. The monoisotopic (exact) mass is 824 g/mol. The van der Waals surface area contributed by atoms with Gasteiger partial charge in [0, 0.05) is 32.7 Å². The minimum Gasteiger partial charge on any atom is -0.497 e. The van der Waals surface area contributed by atoms with Gasteiger partial charge >= 0.3 is 0 Å². The Hall–Kier alpha value is -7.77. The molecular weight excluding hydrogens is 789 g/mol. The molecule has 0 amide bonds. The van der Waals surface area contributed by atoms with Crippen LogP contribution in [0.15, 0.2) is 156 Å². The molecule has 61 heavy (non-hydrogen) atoms. The molecule has 0 atom stereocenters. The standard InChI is InChI=1S/C48H36N6O6S/c1-57-31-9-17-43-37(21-31)38-22-32(58-2)10-18-44(38)53(43)47-27-49-41(25-51-47)29-5-13-35(14-6-29)61(55,56)36-15-7-30(8-16-36)42-26-52-48(28-50-42)54-45-19-11-33(59-3)23-39(45)40-24-34(60-4)12-20-46(40)54/h5-28H,1-4H3. The SMILES string of the molecule is COc1ccc2c(c1)c1cc(OC)ccc1n2-c1cnc(-c2ccc(S(=O)(=O)c3ccc(-c4cnc(-n5c6ccc(OC)cc6c6cc(OC)ccc65)cn4)cc3)cc2)cn1. The number of benzene rings is 6. The summed E-state index contributed by atoms with van der Waals surface area (Å²) in [6.07, 6.45) is 6.81. The highest BCUT2D eigenvalue weighted by atomic mass is 32.2. The molecule has 0 fully saturated rings. The predicted octanol–water partition coefficient (Wildman–Crippen LogP) is 9.66. The second-order valence-electron chi connectivity index (χ2n) is 14.3. The molecule has 0 aliphatic carbocycles. The molecule has 0 aliphatic heterocycles. The summed E-state index contributed by atoms with van der Waals surface area (Å²) < 4.78 is 53.7. The first-order valence-corrected chi connectivity index (χ1v) is 20.7. The number of methoxy groups -OCH3 is 4. The van der Waals surface area contributed by atoms with Crippen LogP contribution in [0.25, 0.3) is 77.8 Å². The Bertz CT molecular complexity index is 3060. The van der Waals surface area contributed by atoms with Crippen molar-refractivity contribution in [3.63, 3.8) is 0 Å². The summed E-state index contributed by atoms with van der Waals surface area (Å²) in [5, 5.41) is 3.98. The number of hydrogen-bond acceptors (Lipinski definition) is 10. The van der Waals surface area contributed by atoms with Gasteiger partial charge in [-0.3, -0.25) is 19.1 Å². The molecule has 12 nitrogen and oxygen atoms in total. The molecule has 10 aromatic rings. The van der Waals surface area contributed by atoms with Crippen molar-refractivity contribution >= 4 is 53.4 Å². The van der Waals surface area contributed by atoms with Crippen LogP contribution >= 0.6 is 0 Å². The van der Waals surface area contributed by atoms with E-state index in [2.05, 4.69) is 0 Å². The summed E-state index contributed by atoms with van der Waals surface area (Å²) in [5.41, 5.74) is 6.44. The largest absolute Gasteiger partial charge is 0.497 e. The highest BCUT2D eigenvalue weighted by molar-refractivity contribution is 7.91. The summed E-state index contributed by atoms with van der Waals surface area (Å²) in [4.78, 5) is 19.4. The fourth-order valence-corrected chi connectivity index (χ4v) is 9.14. The summed E-state index contributed by atoms with van der Waals surface area (Å²) in [7, 11) is 2.75. The van der Waals surface area contributed by atoms with E-state index in [1.54, 1.807) is 102 Å². The number of fused-ring (bicyclic) bond motifs is 6. The van der Waals surface area contributed by atoms with Crippen LogP contribution in [0.3, 0.4) is 0 Å². The third-order valence-corrected chi connectivity index (χ3v) is 12.8. The number of nitrogens with zero attached hydrogens (tertiary/aromatic N) is 6. The van der Waals surface area contributed by atoms with E-state index >= 15 is 0 Å². The topological polar surface area (TPSA) is 132 Å². The lowest BCUT2D eigenvalue weighted by atomic mass is 10.1. The molecule has 0 saturated carbocycles. The van der Waals surface area contributed by atoms with E-state index in [0.29, 0.717) is 23.0 Å². The number of sulfone groups is 1. The Morgan fingerprint density at radius 3 is 0.967 bits per heavy atom. The Labute approximate surface area is 350 Å². The van der Waals surface area contributed by atoms with Gasteiger partial charge in [-0.25, -0.2) is 18.4 Å². The van der Waals surface area contributed by atoms with E-state index in [1.165, 1.54) is 0 Å². The highest BCUT2D eigenvalue weighted by Gasteiger charge is 2.20. The highest BCUT2D eigenvalue weighted by Crippen LogP contribution is 2.38. The average molecular weight is 825 g/mol. The van der Waals surface area contributed by atoms with Gasteiger partial charge in [0.1, 0.15) is 23.0 Å². The van der Waals surface area contributed by atoms with Crippen LogP contribution in [0.5, 0.6) is 23.0 Å². The predicted molar refractivity (Wildman–Crippen MR) is 235 cm³/mol. The first-order valence-electron chi connectivity index (χ1n) is 19.2. The van der Waals surface area contributed by atoms with Crippen LogP contribution < -0.4 is 18.9 Å². The molecule has 0 unspecified atom stereocenters. The van der Waals surface area contributed by atoms with Crippen molar-refractivity contribution in [2.24, 2.45) is 0 Å². The number of rotatable bonds is 10. The van der Waals surface area contributed by atoms with E-state index in [-0.39, 0.29) is 9.79 Å². The van der Waals surface area contributed by atoms with Gasteiger partial charge in [-0.15, -0.1) is 0 Å². The zero-order chi connectivity index (χ0) is 41.8. The third kappa shape index (κ3) is 6.33. The van der Waals surface area contributed by atoms with E-state index in [4.69, 9.17) is 38.9 Å². The molecule has 0 saturated heterocycles. The molecule has 0 aliphatic rings. The minimum atomic E-state index is -3.83. The van der Waals surface area contributed by atoms with Crippen molar-refractivity contribution < 1.29 is 27.4 Å². The third-order valence-electron chi connectivity index (χ3n) is 11.0.